The molecule has 112 valence electrons. The van der Waals surface area contributed by atoms with E-state index in [1.54, 1.807) is 21.3 Å². The Labute approximate surface area is 120 Å². The van der Waals surface area contributed by atoms with Gasteiger partial charge in [0.15, 0.2) is 11.5 Å². The molecule has 1 aliphatic heterocycles. The highest BCUT2D eigenvalue weighted by Crippen LogP contribution is 2.43. The third kappa shape index (κ3) is 2.83. The average Bonchev–Trinajstić information content (AvgIpc) is 2.44. The lowest BCUT2D eigenvalue weighted by atomic mass is 10.0. The summed E-state index contributed by atoms with van der Waals surface area (Å²) in [6.07, 6.45) is -0.0755. The van der Waals surface area contributed by atoms with Crippen molar-refractivity contribution in [3.8, 4) is 17.2 Å². The molecule has 5 heteroatoms. The largest absolute Gasteiger partial charge is 0.493 e. The van der Waals surface area contributed by atoms with Gasteiger partial charge in [0.2, 0.25) is 5.75 Å². The summed E-state index contributed by atoms with van der Waals surface area (Å²) in [6, 6.07) is 3.84. The Balaban J connectivity index is 2.41. The highest BCUT2D eigenvalue weighted by atomic mass is 16.5. The lowest BCUT2D eigenvalue weighted by Gasteiger charge is -2.37. The fourth-order valence-electron chi connectivity index (χ4n) is 2.52. The molecule has 1 aliphatic rings. The number of hydrogen-bond acceptors (Lipinski definition) is 5. The minimum Gasteiger partial charge on any atom is -0.493 e. The molecule has 0 radical (unpaired) electrons. The highest BCUT2D eigenvalue weighted by molar-refractivity contribution is 5.56. The van der Waals surface area contributed by atoms with Crippen LogP contribution >= 0.6 is 0 Å². The van der Waals surface area contributed by atoms with Crippen LogP contribution in [0.15, 0.2) is 12.1 Å². The quantitative estimate of drug-likeness (QED) is 0.916. The highest BCUT2D eigenvalue weighted by Gasteiger charge is 2.32. The van der Waals surface area contributed by atoms with Crippen molar-refractivity contribution in [1.82, 2.24) is 5.32 Å². The molecule has 1 unspecified atom stereocenters. The molecule has 0 aliphatic carbocycles. The predicted molar refractivity (Wildman–Crippen MR) is 76.9 cm³/mol. The second-order valence-corrected chi connectivity index (χ2v) is 5.42. The maximum atomic E-state index is 6.14. The van der Waals surface area contributed by atoms with Crippen molar-refractivity contribution in [2.24, 2.45) is 0 Å². The van der Waals surface area contributed by atoms with Crippen LogP contribution < -0.4 is 19.5 Å². The monoisotopic (exact) mass is 281 g/mol. The molecule has 0 spiro atoms. The van der Waals surface area contributed by atoms with Crippen molar-refractivity contribution in [3.63, 3.8) is 0 Å². The van der Waals surface area contributed by atoms with E-state index in [4.69, 9.17) is 18.9 Å². The smallest absolute Gasteiger partial charge is 0.203 e. The van der Waals surface area contributed by atoms with E-state index in [-0.39, 0.29) is 11.7 Å². The van der Waals surface area contributed by atoms with Gasteiger partial charge in [-0.2, -0.15) is 0 Å². The molecule has 20 heavy (non-hydrogen) atoms. The molecule has 0 bridgehead atoms. The third-order valence-corrected chi connectivity index (χ3v) is 3.42. The molecule has 1 atom stereocenters. The molecule has 2 rings (SSSR count). The Morgan fingerprint density at radius 2 is 1.80 bits per heavy atom. The van der Waals surface area contributed by atoms with Gasteiger partial charge in [-0.05, 0) is 26.0 Å². The first kappa shape index (κ1) is 14.9. The molecule has 1 aromatic rings. The lowest BCUT2D eigenvalue weighted by molar-refractivity contribution is -0.0965. The van der Waals surface area contributed by atoms with Crippen molar-refractivity contribution in [1.29, 1.82) is 0 Å². The average molecular weight is 281 g/mol. The topological polar surface area (TPSA) is 49.0 Å². The van der Waals surface area contributed by atoms with Crippen LogP contribution in [0, 0.1) is 0 Å². The number of benzene rings is 1. The molecule has 0 amide bonds. The van der Waals surface area contributed by atoms with E-state index >= 15 is 0 Å². The SMILES string of the molecule is COc1ccc(C2CNCC(C)(C)O2)c(OC)c1OC. The van der Waals surface area contributed by atoms with Gasteiger partial charge >= 0.3 is 0 Å². The van der Waals surface area contributed by atoms with Crippen LogP contribution in [-0.2, 0) is 4.74 Å². The standard InChI is InChI=1S/C15H23NO4/c1-15(2)9-16-8-12(20-15)10-6-7-11(17-3)14(19-5)13(10)18-4/h6-7,12,16H,8-9H2,1-5H3. The first-order valence-electron chi connectivity index (χ1n) is 6.70. The Morgan fingerprint density at radius 1 is 1.10 bits per heavy atom. The van der Waals surface area contributed by atoms with Crippen molar-refractivity contribution in [3.05, 3.63) is 17.7 Å². The van der Waals surface area contributed by atoms with Gasteiger partial charge in [0.05, 0.1) is 33.0 Å². The van der Waals surface area contributed by atoms with Gasteiger partial charge < -0.3 is 24.3 Å². The fourth-order valence-corrected chi connectivity index (χ4v) is 2.52. The molecule has 1 saturated heterocycles. The second-order valence-electron chi connectivity index (χ2n) is 5.42. The summed E-state index contributed by atoms with van der Waals surface area (Å²) in [5, 5.41) is 3.39. The Kier molecular flexibility index (Phi) is 4.40. The summed E-state index contributed by atoms with van der Waals surface area (Å²) in [5.74, 6) is 1.91. The summed E-state index contributed by atoms with van der Waals surface area (Å²) in [4.78, 5) is 0. The van der Waals surface area contributed by atoms with Gasteiger partial charge in [0.1, 0.15) is 0 Å². The molecule has 5 nitrogen and oxygen atoms in total. The van der Waals surface area contributed by atoms with E-state index in [0.29, 0.717) is 17.2 Å². The number of hydrogen-bond donors (Lipinski definition) is 1. The number of rotatable bonds is 4. The maximum Gasteiger partial charge on any atom is 0.203 e. The zero-order valence-electron chi connectivity index (χ0n) is 12.8. The van der Waals surface area contributed by atoms with Gasteiger partial charge in [0.25, 0.3) is 0 Å². The van der Waals surface area contributed by atoms with Crippen LogP contribution in [0.2, 0.25) is 0 Å². The van der Waals surface area contributed by atoms with Crippen molar-refractivity contribution < 1.29 is 18.9 Å². The van der Waals surface area contributed by atoms with Crippen LogP contribution in [0.3, 0.4) is 0 Å². The molecule has 0 saturated carbocycles. The first-order valence-corrected chi connectivity index (χ1v) is 6.70. The third-order valence-electron chi connectivity index (χ3n) is 3.42. The number of ether oxygens (including phenoxy) is 4. The minimum absolute atomic E-state index is 0.0755. The predicted octanol–water partition coefficient (Wildman–Crippen LogP) is 2.15. The molecule has 1 fully saturated rings. The maximum absolute atomic E-state index is 6.14. The van der Waals surface area contributed by atoms with Crippen LogP contribution in [0.25, 0.3) is 0 Å². The number of methoxy groups -OCH3 is 3. The van der Waals surface area contributed by atoms with Crippen molar-refractivity contribution >= 4 is 0 Å². The summed E-state index contributed by atoms with van der Waals surface area (Å²) in [5.41, 5.74) is 0.756. The van der Waals surface area contributed by atoms with E-state index in [0.717, 1.165) is 18.7 Å². The van der Waals surface area contributed by atoms with Crippen LogP contribution in [0.5, 0.6) is 17.2 Å². The summed E-state index contributed by atoms with van der Waals surface area (Å²) in [7, 11) is 4.84. The Hall–Kier alpha value is -1.46. The fraction of sp³-hybridized carbons (Fsp3) is 0.600. The van der Waals surface area contributed by atoms with Gasteiger partial charge in [-0.15, -0.1) is 0 Å². The van der Waals surface area contributed by atoms with E-state index < -0.39 is 0 Å². The van der Waals surface area contributed by atoms with E-state index in [1.807, 2.05) is 12.1 Å². The molecule has 1 aromatic carbocycles. The number of morpholine rings is 1. The Morgan fingerprint density at radius 3 is 2.35 bits per heavy atom. The second kappa shape index (κ2) is 5.89. The zero-order valence-corrected chi connectivity index (χ0v) is 12.8. The van der Waals surface area contributed by atoms with E-state index in [9.17, 15) is 0 Å². The van der Waals surface area contributed by atoms with Gasteiger partial charge in [-0.1, -0.05) is 0 Å². The molecule has 1 N–H and O–H groups in total. The van der Waals surface area contributed by atoms with Crippen molar-refractivity contribution in [2.45, 2.75) is 25.6 Å². The molecule has 0 aromatic heterocycles. The summed E-state index contributed by atoms with van der Waals surface area (Å²) in [6.45, 7) is 5.72. The van der Waals surface area contributed by atoms with Crippen LogP contribution in [0.4, 0.5) is 0 Å². The summed E-state index contributed by atoms with van der Waals surface area (Å²) >= 11 is 0. The van der Waals surface area contributed by atoms with Gasteiger partial charge in [-0.3, -0.25) is 0 Å². The molecular formula is C15H23NO4. The van der Waals surface area contributed by atoms with Gasteiger partial charge in [-0.25, -0.2) is 0 Å². The first-order chi connectivity index (χ1) is 9.52. The Bertz CT molecular complexity index is 473. The lowest BCUT2D eigenvalue weighted by Crippen LogP contribution is -2.46. The van der Waals surface area contributed by atoms with Gasteiger partial charge in [0, 0.05) is 18.7 Å². The summed E-state index contributed by atoms with van der Waals surface area (Å²) < 4.78 is 22.4. The minimum atomic E-state index is -0.207. The van der Waals surface area contributed by atoms with E-state index in [1.165, 1.54) is 0 Å². The normalized spacial score (nSPS) is 21.4. The van der Waals surface area contributed by atoms with E-state index in [2.05, 4.69) is 19.2 Å². The van der Waals surface area contributed by atoms with Crippen LogP contribution in [-0.4, -0.2) is 40.0 Å². The zero-order chi connectivity index (χ0) is 14.8. The molecular weight excluding hydrogens is 258 g/mol. The van der Waals surface area contributed by atoms with Crippen LogP contribution in [0.1, 0.15) is 25.5 Å². The number of nitrogens with one attached hydrogen (secondary N) is 1. The van der Waals surface area contributed by atoms with Crippen molar-refractivity contribution in [2.75, 3.05) is 34.4 Å². The molecule has 1 heterocycles.